The van der Waals surface area contributed by atoms with Gasteiger partial charge in [0.05, 0.1) is 0 Å². The van der Waals surface area contributed by atoms with Crippen LogP contribution >= 0.6 is 15.9 Å². The van der Waals surface area contributed by atoms with Crippen LogP contribution in [0, 0.1) is 0 Å². The molecule has 0 heterocycles. The fourth-order valence-electron chi connectivity index (χ4n) is 1.72. The third kappa shape index (κ3) is 4.29. The van der Waals surface area contributed by atoms with E-state index in [-0.39, 0.29) is 11.6 Å². The molecule has 0 unspecified atom stereocenters. The molecule has 0 aromatic heterocycles. The summed E-state index contributed by atoms with van der Waals surface area (Å²) in [7, 11) is 0. The van der Waals surface area contributed by atoms with Crippen molar-refractivity contribution in [3.63, 3.8) is 0 Å². The van der Waals surface area contributed by atoms with Crippen molar-refractivity contribution in [1.82, 2.24) is 5.32 Å². The summed E-state index contributed by atoms with van der Waals surface area (Å²) in [6.45, 7) is 0. The van der Waals surface area contributed by atoms with Crippen LogP contribution in [0.1, 0.15) is 15.9 Å². The number of primary amides is 1. The smallest absolute Gasteiger partial charge is 0.265 e. The molecule has 0 aliphatic heterocycles. The van der Waals surface area contributed by atoms with Crippen LogP contribution in [0.3, 0.4) is 0 Å². The lowest BCUT2D eigenvalue weighted by Gasteiger charge is -2.07. The van der Waals surface area contributed by atoms with Gasteiger partial charge in [0.15, 0.2) is 0 Å². The predicted molar refractivity (Wildman–Crippen MR) is 85.2 cm³/mol. The van der Waals surface area contributed by atoms with Gasteiger partial charge < -0.3 is 11.1 Å². The Morgan fingerprint density at radius 1 is 1.05 bits per heavy atom. The monoisotopic (exact) mass is 344 g/mol. The van der Waals surface area contributed by atoms with Crippen LogP contribution < -0.4 is 11.1 Å². The highest BCUT2D eigenvalue weighted by molar-refractivity contribution is 9.10. The van der Waals surface area contributed by atoms with Crippen LogP contribution in [-0.4, -0.2) is 11.8 Å². The van der Waals surface area contributed by atoms with Gasteiger partial charge in [-0.2, -0.15) is 0 Å². The van der Waals surface area contributed by atoms with Crippen LogP contribution in [0.5, 0.6) is 0 Å². The highest BCUT2D eigenvalue weighted by Gasteiger charge is 2.11. The summed E-state index contributed by atoms with van der Waals surface area (Å²) in [6, 6.07) is 15.9. The SMILES string of the molecule is NC(=O)C(=Cc1cccc(Br)c1)NC(=O)c1ccccc1. The maximum atomic E-state index is 12.0. The molecule has 0 atom stereocenters. The highest BCUT2D eigenvalue weighted by atomic mass is 79.9. The first-order chi connectivity index (χ1) is 10.1. The standard InChI is InChI=1S/C16H13BrN2O2/c17-13-8-4-5-11(9-13)10-14(15(18)20)19-16(21)12-6-2-1-3-7-12/h1-10H,(H2,18,20)(H,19,21). The fraction of sp³-hybridized carbons (Fsp3) is 0. The molecule has 0 saturated carbocycles. The zero-order chi connectivity index (χ0) is 15.2. The Morgan fingerprint density at radius 2 is 1.76 bits per heavy atom. The van der Waals surface area contributed by atoms with Crippen molar-refractivity contribution in [2.45, 2.75) is 0 Å². The number of benzene rings is 2. The van der Waals surface area contributed by atoms with E-state index < -0.39 is 5.91 Å². The van der Waals surface area contributed by atoms with Gasteiger partial charge in [-0.3, -0.25) is 9.59 Å². The topological polar surface area (TPSA) is 72.2 Å². The van der Waals surface area contributed by atoms with E-state index in [1.165, 1.54) is 6.08 Å². The molecule has 0 saturated heterocycles. The van der Waals surface area contributed by atoms with Gasteiger partial charge in [-0.25, -0.2) is 0 Å². The first-order valence-electron chi connectivity index (χ1n) is 6.20. The Morgan fingerprint density at radius 3 is 2.38 bits per heavy atom. The average Bonchev–Trinajstić information content (AvgIpc) is 2.47. The summed E-state index contributed by atoms with van der Waals surface area (Å²) in [6.07, 6.45) is 1.54. The molecular formula is C16H13BrN2O2. The number of nitrogens with two attached hydrogens (primary N) is 1. The molecule has 2 aromatic rings. The number of amides is 2. The summed E-state index contributed by atoms with van der Waals surface area (Å²) in [5.41, 5.74) is 6.57. The highest BCUT2D eigenvalue weighted by Crippen LogP contribution is 2.14. The van der Waals surface area contributed by atoms with E-state index in [4.69, 9.17) is 5.73 Å². The van der Waals surface area contributed by atoms with Gasteiger partial charge in [0.2, 0.25) is 0 Å². The quantitative estimate of drug-likeness (QED) is 0.837. The van der Waals surface area contributed by atoms with Crippen molar-refractivity contribution in [1.29, 1.82) is 0 Å². The summed E-state index contributed by atoms with van der Waals surface area (Å²) in [5.74, 6) is -1.07. The summed E-state index contributed by atoms with van der Waals surface area (Å²) in [4.78, 5) is 23.5. The largest absolute Gasteiger partial charge is 0.364 e. The summed E-state index contributed by atoms with van der Waals surface area (Å²) < 4.78 is 0.870. The normalized spacial score (nSPS) is 11.0. The molecule has 4 nitrogen and oxygen atoms in total. The molecule has 21 heavy (non-hydrogen) atoms. The summed E-state index contributed by atoms with van der Waals surface area (Å²) in [5, 5.41) is 2.53. The molecule has 0 aliphatic carbocycles. The van der Waals surface area contributed by atoms with Gasteiger partial charge in [-0.15, -0.1) is 0 Å². The molecule has 0 spiro atoms. The summed E-state index contributed by atoms with van der Waals surface area (Å²) >= 11 is 3.34. The number of carbonyl (C=O) groups excluding carboxylic acids is 2. The van der Waals surface area contributed by atoms with Crippen LogP contribution in [0.4, 0.5) is 0 Å². The number of nitrogens with one attached hydrogen (secondary N) is 1. The van der Waals surface area contributed by atoms with E-state index >= 15 is 0 Å². The molecule has 106 valence electrons. The van der Waals surface area contributed by atoms with E-state index in [9.17, 15) is 9.59 Å². The predicted octanol–water partition coefficient (Wildman–Crippen LogP) is 2.71. The second-order valence-electron chi connectivity index (χ2n) is 4.30. The molecule has 2 rings (SSSR count). The average molecular weight is 345 g/mol. The fourth-order valence-corrected chi connectivity index (χ4v) is 2.13. The van der Waals surface area contributed by atoms with Crippen LogP contribution in [-0.2, 0) is 4.79 Å². The Labute approximate surface area is 130 Å². The van der Waals surface area contributed by atoms with Crippen molar-refractivity contribution < 1.29 is 9.59 Å². The molecule has 0 radical (unpaired) electrons. The van der Waals surface area contributed by atoms with Crippen molar-refractivity contribution in [2.24, 2.45) is 5.73 Å². The van der Waals surface area contributed by atoms with Crippen LogP contribution in [0.25, 0.3) is 6.08 Å². The van der Waals surface area contributed by atoms with Gasteiger partial charge in [0.25, 0.3) is 11.8 Å². The lowest BCUT2D eigenvalue weighted by Crippen LogP contribution is -2.31. The van der Waals surface area contributed by atoms with Crippen molar-refractivity contribution >= 4 is 33.8 Å². The van der Waals surface area contributed by atoms with E-state index in [2.05, 4.69) is 21.2 Å². The van der Waals surface area contributed by atoms with Gasteiger partial charge in [0.1, 0.15) is 5.70 Å². The molecule has 5 heteroatoms. The molecule has 3 N–H and O–H groups in total. The first kappa shape index (κ1) is 15.0. The zero-order valence-electron chi connectivity index (χ0n) is 11.0. The van der Waals surface area contributed by atoms with E-state index in [0.717, 1.165) is 10.0 Å². The van der Waals surface area contributed by atoms with Gasteiger partial charge in [-0.1, -0.05) is 46.3 Å². The molecule has 2 aromatic carbocycles. The van der Waals surface area contributed by atoms with Crippen molar-refractivity contribution in [3.05, 3.63) is 75.9 Å². The number of hydrogen-bond donors (Lipinski definition) is 2. The molecular weight excluding hydrogens is 332 g/mol. The van der Waals surface area contributed by atoms with E-state index in [1.54, 1.807) is 24.3 Å². The Kier molecular flexibility index (Phi) is 4.90. The Hall–Kier alpha value is -2.40. The molecule has 2 amide bonds. The minimum Gasteiger partial charge on any atom is -0.364 e. The Bertz CT molecular complexity index is 696. The van der Waals surface area contributed by atoms with Crippen molar-refractivity contribution in [3.8, 4) is 0 Å². The van der Waals surface area contributed by atoms with Crippen molar-refractivity contribution in [2.75, 3.05) is 0 Å². The number of halogens is 1. The number of carbonyl (C=O) groups is 2. The molecule has 0 aliphatic rings. The zero-order valence-corrected chi connectivity index (χ0v) is 12.6. The van der Waals surface area contributed by atoms with Crippen LogP contribution in [0.2, 0.25) is 0 Å². The van der Waals surface area contributed by atoms with Gasteiger partial charge in [0, 0.05) is 10.0 Å². The lowest BCUT2D eigenvalue weighted by molar-refractivity contribution is -0.114. The first-order valence-corrected chi connectivity index (χ1v) is 6.99. The van der Waals surface area contributed by atoms with Crippen LogP contribution in [0.15, 0.2) is 64.8 Å². The van der Waals surface area contributed by atoms with Gasteiger partial charge >= 0.3 is 0 Å². The third-order valence-electron chi connectivity index (χ3n) is 2.71. The molecule has 0 bridgehead atoms. The minimum absolute atomic E-state index is 0.0435. The number of hydrogen-bond acceptors (Lipinski definition) is 2. The van der Waals surface area contributed by atoms with E-state index in [1.807, 2.05) is 30.3 Å². The maximum absolute atomic E-state index is 12.0. The molecule has 0 fully saturated rings. The van der Waals surface area contributed by atoms with Gasteiger partial charge in [-0.05, 0) is 35.9 Å². The lowest BCUT2D eigenvalue weighted by atomic mass is 10.1. The Balaban J connectivity index is 2.24. The second kappa shape index (κ2) is 6.85. The maximum Gasteiger partial charge on any atom is 0.265 e. The van der Waals surface area contributed by atoms with E-state index in [0.29, 0.717) is 5.56 Å². The third-order valence-corrected chi connectivity index (χ3v) is 3.20. The second-order valence-corrected chi connectivity index (χ2v) is 5.21. The minimum atomic E-state index is -0.695. The number of rotatable bonds is 4.